The third kappa shape index (κ3) is 3.53. The molecule has 0 spiro atoms. The predicted octanol–water partition coefficient (Wildman–Crippen LogP) is 1.71. The van der Waals surface area contributed by atoms with E-state index in [0.29, 0.717) is 0 Å². The molecular formula is C18H23N5OS. The average molecular weight is 357 g/mol. The van der Waals surface area contributed by atoms with E-state index in [1.807, 2.05) is 30.6 Å². The Morgan fingerprint density at radius 1 is 1.16 bits per heavy atom. The summed E-state index contributed by atoms with van der Waals surface area (Å²) < 4.78 is 5.44. The minimum Gasteiger partial charge on any atom is -0.379 e. The molecule has 0 unspecified atom stereocenters. The molecule has 2 fully saturated rings. The molecule has 0 aliphatic carbocycles. The molecule has 0 radical (unpaired) electrons. The highest BCUT2D eigenvalue weighted by Gasteiger charge is 2.40. The average Bonchev–Trinajstić information content (AvgIpc) is 3.29. The quantitative estimate of drug-likeness (QED) is 0.795. The molecule has 2 aliphatic heterocycles. The number of aromatic nitrogens is 2. The van der Waals surface area contributed by atoms with Crippen LogP contribution in [0.2, 0.25) is 0 Å². The number of thiocarbonyl (C=S) groups is 1. The molecule has 0 aromatic carbocycles. The van der Waals surface area contributed by atoms with Gasteiger partial charge in [-0.25, -0.2) is 0 Å². The third-order valence-electron chi connectivity index (χ3n) is 4.90. The van der Waals surface area contributed by atoms with E-state index in [-0.39, 0.29) is 12.1 Å². The van der Waals surface area contributed by atoms with Gasteiger partial charge in [-0.05, 0) is 36.5 Å². The summed E-state index contributed by atoms with van der Waals surface area (Å²) in [5.74, 6) is 0. The second kappa shape index (κ2) is 7.51. The molecule has 2 atom stereocenters. The molecule has 2 aromatic heterocycles. The summed E-state index contributed by atoms with van der Waals surface area (Å²) in [6.07, 6.45) is 3.80. The Kier molecular flexibility index (Phi) is 4.96. The number of rotatable bonds is 5. The lowest BCUT2D eigenvalue weighted by atomic mass is 10.0. The van der Waals surface area contributed by atoms with Crippen LogP contribution in [0.25, 0.3) is 0 Å². The monoisotopic (exact) mass is 357 g/mol. The molecule has 4 heterocycles. The summed E-state index contributed by atoms with van der Waals surface area (Å²) in [6, 6.07) is 10.4. The van der Waals surface area contributed by atoms with E-state index in [4.69, 9.17) is 17.0 Å². The van der Waals surface area contributed by atoms with Gasteiger partial charge in [0.05, 0.1) is 31.0 Å². The van der Waals surface area contributed by atoms with E-state index >= 15 is 0 Å². The van der Waals surface area contributed by atoms with Crippen molar-refractivity contribution in [3.63, 3.8) is 0 Å². The van der Waals surface area contributed by atoms with E-state index in [9.17, 15) is 0 Å². The molecule has 6 nitrogen and oxygen atoms in total. The molecule has 0 amide bonds. The van der Waals surface area contributed by atoms with Gasteiger partial charge in [-0.15, -0.1) is 0 Å². The zero-order chi connectivity index (χ0) is 17.1. The van der Waals surface area contributed by atoms with E-state index in [1.54, 1.807) is 0 Å². The number of hydrogen-bond donors (Lipinski definition) is 2. The van der Waals surface area contributed by atoms with Gasteiger partial charge in [0.1, 0.15) is 0 Å². The van der Waals surface area contributed by atoms with Crippen molar-refractivity contribution in [1.29, 1.82) is 0 Å². The molecule has 2 N–H and O–H groups in total. The van der Waals surface area contributed by atoms with Crippen molar-refractivity contribution in [1.82, 2.24) is 25.1 Å². The maximum Gasteiger partial charge on any atom is 0.170 e. The fraction of sp³-hybridized carbons (Fsp3) is 0.444. The van der Waals surface area contributed by atoms with Gasteiger partial charge in [-0.3, -0.25) is 9.88 Å². The number of aromatic amines is 1. The molecule has 132 valence electrons. The van der Waals surface area contributed by atoms with Crippen LogP contribution in [-0.4, -0.2) is 64.3 Å². The predicted molar refractivity (Wildman–Crippen MR) is 100 cm³/mol. The van der Waals surface area contributed by atoms with Crippen LogP contribution in [0.15, 0.2) is 42.7 Å². The Morgan fingerprint density at radius 2 is 2.04 bits per heavy atom. The van der Waals surface area contributed by atoms with Gasteiger partial charge in [0.15, 0.2) is 5.11 Å². The van der Waals surface area contributed by atoms with Crippen molar-refractivity contribution in [3.05, 3.63) is 54.1 Å². The van der Waals surface area contributed by atoms with Crippen LogP contribution in [0.4, 0.5) is 0 Å². The molecule has 2 aliphatic rings. The minimum absolute atomic E-state index is 0.0528. The Hall–Kier alpha value is -1.96. The number of H-pyrrole nitrogens is 1. The van der Waals surface area contributed by atoms with E-state index < -0.39 is 0 Å². The SMILES string of the molecule is S=C1N[C@H](c2ccccn2)[C@@H](c2ccc[nH]2)N1CCN1CCOCC1. The van der Waals surface area contributed by atoms with Crippen molar-refractivity contribution in [3.8, 4) is 0 Å². The van der Waals surface area contributed by atoms with Gasteiger partial charge in [0.2, 0.25) is 0 Å². The Balaban J connectivity index is 1.55. The second-order valence-corrected chi connectivity index (χ2v) is 6.79. The van der Waals surface area contributed by atoms with Crippen LogP contribution in [0.3, 0.4) is 0 Å². The van der Waals surface area contributed by atoms with Crippen LogP contribution in [-0.2, 0) is 4.74 Å². The number of morpholine rings is 1. The van der Waals surface area contributed by atoms with Crippen LogP contribution < -0.4 is 5.32 Å². The van der Waals surface area contributed by atoms with Gasteiger partial charge >= 0.3 is 0 Å². The van der Waals surface area contributed by atoms with Crippen molar-refractivity contribution in [2.24, 2.45) is 0 Å². The first kappa shape index (κ1) is 16.5. The first-order valence-corrected chi connectivity index (χ1v) is 9.15. The Bertz CT molecular complexity index is 687. The lowest BCUT2D eigenvalue weighted by Gasteiger charge is -2.31. The maximum atomic E-state index is 5.67. The molecule has 7 heteroatoms. The summed E-state index contributed by atoms with van der Waals surface area (Å²) in [5.41, 5.74) is 2.17. The smallest absolute Gasteiger partial charge is 0.170 e. The summed E-state index contributed by atoms with van der Waals surface area (Å²) in [5, 5.41) is 4.27. The number of pyridine rings is 1. The van der Waals surface area contributed by atoms with E-state index in [0.717, 1.165) is 55.9 Å². The van der Waals surface area contributed by atoms with Crippen LogP contribution in [0.1, 0.15) is 23.5 Å². The van der Waals surface area contributed by atoms with Gasteiger partial charge in [0.25, 0.3) is 0 Å². The molecular weight excluding hydrogens is 334 g/mol. The topological polar surface area (TPSA) is 56.4 Å². The summed E-state index contributed by atoms with van der Waals surface area (Å²) >= 11 is 5.67. The molecule has 2 aromatic rings. The molecule has 0 saturated carbocycles. The zero-order valence-electron chi connectivity index (χ0n) is 14.1. The molecule has 2 saturated heterocycles. The highest BCUT2D eigenvalue weighted by atomic mass is 32.1. The van der Waals surface area contributed by atoms with E-state index in [2.05, 4.69) is 37.2 Å². The lowest BCUT2D eigenvalue weighted by molar-refractivity contribution is 0.0350. The second-order valence-electron chi connectivity index (χ2n) is 6.40. The fourth-order valence-corrected chi connectivity index (χ4v) is 3.92. The number of hydrogen-bond acceptors (Lipinski definition) is 4. The summed E-state index contributed by atoms with van der Waals surface area (Å²) in [4.78, 5) is 12.6. The highest BCUT2D eigenvalue weighted by molar-refractivity contribution is 7.80. The molecule has 0 bridgehead atoms. The Labute approximate surface area is 153 Å². The van der Waals surface area contributed by atoms with Crippen molar-refractivity contribution < 1.29 is 4.74 Å². The molecule has 25 heavy (non-hydrogen) atoms. The fourth-order valence-electron chi connectivity index (χ4n) is 3.59. The summed E-state index contributed by atoms with van der Waals surface area (Å²) in [7, 11) is 0. The first-order chi connectivity index (χ1) is 12.3. The van der Waals surface area contributed by atoms with Crippen molar-refractivity contribution >= 4 is 17.3 Å². The molecule has 4 rings (SSSR count). The van der Waals surface area contributed by atoms with Crippen LogP contribution in [0.5, 0.6) is 0 Å². The number of nitrogens with one attached hydrogen (secondary N) is 2. The van der Waals surface area contributed by atoms with Gasteiger partial charge < -0.3 is 19.9 Å². The van der Waals surface area contributed by atoms with Crippen LogP contribution >= 0.6 is 12.2 Å². The lowest BCUT2D eigenvalue weighted by Crippen LogP contribution is -2.42. The first-order valence-electron chi connectivity index (χ1n) is 8.74. The van der Waals surface area contributed by atoms with Gasteiger partial charge in [-0.2, -0.15) is 0 Å². The Morgan fingerprint density at radius 3 is 2.76 bits per heavy atom. The van der Waals surface area contributed by atoms with Gasteiger partial charge in [0, 0.05) is 44.3 Å². The largest absolute Gasteiger partial charge is 0.379 e. The minimum atomic E-state index is 0.0528. The van der Waals surface area contributed by atoms with Crippen molar-refractivity contribution in [2.45, 2.75) is 12.1 Å². The summed E-state index contributed by atoms with van der Waals surface area (Å²) in [6.45, 7) is 5.49. The maximum absolute atomic E-state index is 5.67. The van der Waals surface area contributed by atoms with Crippen LogP contribution in [0, 0.1) is 0 Å². The zero-order valence-corrected chi connectivity index (χ0v) is 14.9. The number of ether oxygens (including phenoxy) is 1. The number of nitrogens with zero attached hydrogens (tertiary/aromatic N) is 3. The van der Waals surface area contributed by atoms with Gasteiger partial charge in [-0.1, -0.05) is 6.07 Å². The highest BCUT2D eigenvalue weighted by Crippen LogP contribution is 2.37. The standard InChI is InChI=1S/C18H23N5OS/c25-18-21-16(14-4-1-2-6-19-14)17(15-5-3-7-20-15)23(18)9-8-22-10-12-24-13-11-22/h1-7,16-17,20H,8-13H2,(H,21,25)/t16-,17-/m1/s1. The third-order valence-corrected chi connectivity index (χ3v) is 5.25. The normalized spacial score (nSPS) is 24.5. The van der Waals surface area contributed by atoms with E-state index in [1.165, 1.54) is 0 Å². The van der Waals surface area contributed by atoms with Crippen molar-refractivity contribution in [2.75, 3.05) is 39.4 Å².